The lowest BCUT2D eigenvalue weighted by atomic mass is 10.1. The van der Waals surface area contributed by atoms with E-state index in [1.54, 1.807) is 7.05 Å². The molecule has 1 unspecified atom stereocenters. The number of carbonyl (C=O) groups is 1. The van der Waals surface area contributed by atoms with Gasteiger partial charge in [0, 0.05) is 38.0 Å². The van der Waals surface area contributed by atoms with Crippen LogP contribution in [0.2, 0.25) is 0 Å². The van der Waals surface area contributed by atoms with Gasteiger partial charge in [-0.2, -0.15) is 0 Å². The van der Waals surface area contributed by atoms with E-state index in [1.807, 2.05) is 24.3 Å². The van der Waals surface area contributed by atoms with Crippen LogP contribution >= 0.6 is 24.0 Å². The number of aryl methyl sites for hydroxylation is 1. The van der Waals surface area contributed by atoms with Crippen molar-refractivity contribution in [1.29, 1.82) is 0 Å². The third kappa shape index (κ3) is 8.51. The van der Waals surface area contributed by atoms with E-state index in [4.69, 9.17) is 9.47 Å². The number of nitrogens with one attached hydrogen (secondary N) is 3. The molecule has 2 aromatic rings. The van der Waals surface area contributed by atoms with Crippen LogP contribution in [-0.4, -0.2) is 38.2 Å². The maximum absolute atomic E-state index is 12.3. The molecule has 180 valence electrons. The Labute approximate surface area is 213 Å². The zero-order valence-electron chi connectivity index (χ0n) is 19.6. The topological polar surface area (TPSA) is 84.0 Å². The SMILES string of the molecule is CCCOc1cc(C)ccc1CNC(=NC)NCc1cccc(NC(=O)C2CCCO2)c1.I. The van der Waals surface area contributed by atoms with Crippen LogP contribution in [0.4, 0.5) is 5.69 Å². The molecular weight excluding hydrogens is 531 g/mol. The van der Waals surface area contributed by atoms with Crippen LogP contribution in [0.3, 0.4) is 0 Å². The maximum Gasteiger partial charge on any atom is 0.253 e. The number of benzene rings is 2. The van der Waals surface area contributed by atoms with Crippen LogP contribution in [0, 0.1) is 6.92 Å². The van der Waals surface area contributed by atoms with E-state index in [0.29, 0.717) is 32.3 Å². The molecule has 1 aliphatic heterocycles. The lowest BCUT2D eigenvalue weighted by Gasteiger charge is -2.16. The number of hydrogen-bond donors (Lipinski definition) is 3. The summed E-state index contributed by atoms with van der Waals surface area (Å²) in [7, 11) is 1.75. The Morgan fingerprint density at radius 3 is 2.73 bits per heavy atom. The van der Waals surface area contributed by atoms with E-state index in [9.17, 15) is 4.79 Å². The third-order valence-corrected chi connectivity index (χ3v) is 5.23. The molecule has 0 aromatic heterocycles. The van der Waals surface area contributed by atoms with Gasteiger partial charge in [0.15, 0.2) is 5.96 Å². The normalized spacial score (nSPS) is 15.5. The molecule has 0 spiro atoms. The van der Waals surface area contributed by atoms with Gasteiger partial charge in [-0.15, -0.1) is 24.0 Å². The molecule has 3 rings (SSSR count). The standard InChI is InChI=1S/C25H34N4O3.HI/c1-4-12-31-23-14-18(2)10-11-20(23)17-28-25(26-3)27-16-19-7-5-8-21(15-19)29-24(30)22-9-6-13-32-22;/h5,7-8,10-11,14-15,22H,4,6,9,12-13,16-17H2,1-3H3,(H,29,30)(H2,26,27,28);1H. The smallest absolute Gasteiger partial charge is 0.253 e. The highest BCUT2D eigenvalue weighted by molar-refractivity contribution is 14.0. The van der Waals surface area contributed by atoms with Crippen LogP contribution < -0.4 is 20.7 Å². The molecule has 1 heterocycles. The number of amides is 1. The van der Waals surface area contributed by atoms with E-state index in [2.05, 4.69) is 53.0 Å². The molecule has 7 nitrogen and oxygen atoms in total. The van der Waals surface area contributed by atoms with Crippen molar-refractivity contribution in [1.82, 2.24) is 10.6 Å². The Hall–Kier alpha value is -2.33. The number of ether oxygens (including phenoxy) is 2. The minimum Gasteiger partial charge on any atom is -0.493 e. The number of hydrogen-bond acceptors (Lipinski definition) is 4. The number of nitrogens with zero attached hydrogens (tertiary/aromatic N) is 1. The molecule has 1 saturated heterocycles. The third-order valence-electron chi connectivity index (χ3n) is 5.23. The quantitative estimate of drug-likeness (QED) is 0.239. The first kappa shape index (κ1) is 26.9. The van der Waals surface area contributed by atoms with Gasteiger partial charge in [-0.05, 0) is 55.5 Å². The number of rotatable bonds is 9. The summed E-state index contributed by atoms with van der Waals surface area (Å²) in [5.41, 5.74) is 4.07. The monoisotopic (exact) mass is 566 g/mol. The Morgan fingerprint density at radius 1 is 1.18 bits per heavy atom. The molecule has 8 heteroatoms. The number of halogens is 1. The summed E-state index contributed by atoms with van der Waals surface area (Å²) in [6.07, 6.45) is 2.34. The zero-order valence-corrected chi connectivity index (χ0v) is 22.0. The molecule has 33 heavy (non-hydrogen) atoms. The number of carbonyl (C=O) groups excluding carboxylic acids is 1. The van der Waals surface area contributed by atoms with Crippen molar-refractivity contribution in [3.63, 3.8) is 0 Å². The first-order valence-electron chi connectivity index (χ1n) is 11.3. The van der Waals surface area contributed by atoms with Gasteiger partial charge >= 0.3 is 0 Å². The number of aliphatic imine (C=N–C) groups is 1. The first-order valence-corrected chi connectivity index (χ1v) is 11.3. The molecule has 2 aromatic carbocycles. The zero-order chi connectivity index (χ0) is 22.8. The fourth-order valence-electron chi connectivity index (χ4n) is 3.51. The Morgan fingerprint density at radius 2 is 2.00 bits per heavy atom. The highest BCUT2D eigenvalue weighted by Gasteiger charge is 2.23. The van der Waals surface area contributed by atoms with E-state index < -0.39 is 0 Å². The fraction of sp³-hybridized carbons (Fsp3) is 0.440. The van der Waals surface area contributed by atoms with Gasteiger partial charge < -0.3 is 25.4 Å². The van der Waals surface area contributed by atoms with Gasteiger partial charge in [0.1, 0.15) is 11.9 Å². The Kier molecular flexibility index (Phi) is 11.5. The molecule has 1 aliphatic rings. The maximum atomic E-state index is 12.3. The largest absolute Gasteiger partial charge is 0.493 e. The van der Waals surface area contributed by atoms with Gasteiger partial charge in [0.2, 0.25) is 0 Å². The minimum absolute atomic E-state index is 0. The number of anilines is 1. The molecule has 1 atom stereocenters. The molecule has 0 saturated carbocycles. The highest BCUT2D eigenvalue weighted by atomic mass is 127. The van der Waals surface area contributed by atoms with Crippen molar-refractivity contribution >= 4 is 41.5 Å². The second-order valence-electron chi connectivity index (χ2n) is 7.93. The van der Waals surface area contributed by atoms with E-state index in [0.717, 1.165) is 41.8 Å². The Bertz CT molecular complexity index is 930. The molecule has 0 aliphatic carbocycles. The van der Waals surface area contributed by atoms with Crippen molar-refractivity contribution in [3.05, 3.63) is 59.2 Å². The van der Waals surface area contributed by atoms with Gasteiger partial charge in [0.25, 0.3) is 5.91 Å². The summed E-state index contributed by atoms with van der Waals surface area (Å²) < 4.78 is 11.4. The molecule has 1 fully saturated rings. The number of guanidine groups is 1. The Balaban J connectivity index is 0.00000385. The lowest BCUT2D eigenvalue weighted by molar-refractivity contribution is -0.124. The second kappa shape index (κ2) is 14.0. The lowest BCUT2D eigenvalue weighted by Crippen LogP contribution is -2.36. The van der Waals surface area contributed by atoms with Gasteiger partial charge in [-0.25, -0.2) is 0 Å². The highest BCUT2D eigenvalue weighted by Crippen LogP contribution is 2.20. The van der Waals surface area contributed by atoms with Crippen LogP contribution in [0.25, 0.3) is 0 Å². The predicted octanol–water partition coefficient (Wildman–Crippen LogP) is 4.38. The van der Waals surface area contributed by atoms with Crippen LogP contribution in [-0.2, 0) is 22.6 Å². The average Bonchev–Trinajstić information content (AvgIpc) is 3.34. The molecule has 0 bridgehead atoms. The summed E-state index contributed by atoms with van der Waals surface area (Å²) in [5.74, 6) is 1.52. The summed E-state index contributed by atoms with van der Waals surface area (Å²) in [4.78, 5) is 16.6. The summed E-state index contributed by atoms with van der Waals surface area (Å²) in [6, 6.07) is 14.0. The van der Waals surface area contributed by atoms with E-state index in [-0.39, 0.29) is 36.0 Å². The summed E-state index contributed by atoms with van der Waals surface area (Å²) >= 11 is 0. The van der Waals surface area contributed by atoms with E-state index >= 15 is 0 Å². The van der Waals surface area contributed by atoms with Crippen molar-refractivity contribution in [3.8, 4) is 5.75 Å². The van der Waals surface area contributed by atoms with Crippen LogP contribution in [0.15, 0.2) is 47.5 Å². The van der Waals surface area contributed by atoms with E-state index in [1.165, 1.54) is 5.56 Å². The molecule has 0 radical (unpaired) electrons. The van der Waals surface area contributed by atoms with Crippen molar-refractivity contribution in [2.24, 2.45) is 4.99 Å². The van der Waals surface area contributed by atoms with Gasteiger partial charge in [0.05, 0.1) is 6.61 Å². The fourth-order valence-corrected chi connectivity index (χ4v) is 3.51. The second-order valence-corrected chi connectivity index (χ2v) is 7.93. The predicted molar refractivity (Wildman–Crippen MR) is 143 cm³/mol. The van der Waals surface area contributed by atoms with Gasteiger partial charge in [-0.1, -0.05) is 31.2 Å². The molecule has 3 N–H and O–H groups in total. The average molecular weight is 566 g/mol. The first-order chi connectivity index (χ1) is 15.6. The summed E-state index contributed by atoms with van der Waals surface area (Å²) in [6.45, 7) is 6.70. The molecular formula is C25H35IN4O3. The van der Waals surface area contributed by atoms with Crippen molar-refractivity contribution < 1.29 is 14.3 Å². The minimum atomic E-state index is -0.340. The van der Waals surface area contributed by atoms with Crippen molar-refractivity contribution in [2.45, 2.75) is 52.3 Å². The van der Waals surface area contributed by atoms with Gasteiger partial charge in [-0.3, -0.25) is 9.79 Å². The van der Waals surface area contributed by atoms with Crippen molar-refractivity contribution in [2.75, 3.05) is 25.6 Å². The van der Waals surface area contributed by atoms with Crippen LogP contribution in [0.1, 0.15) is 42.9 Å². The van der Waals surface area contributed by atoms with Crippen LogP contribution in [0.5, 0.6) is 5.75 Å². The molecule has 1 amide bonds. The summed E-state index contributed by atoms with van der Waals surface area (Å²) in [5, 5.41) is 9.62.